The maximum atomic E-state index is 11.0. The summed E-state index contributed by atoms with van der Waals surface area (Å²) < 4.78 is 15.6. The fourth-order valence-electron chi connectivity index (χ4n) is 1.87. The molecule has 1 N–H and O–H groups in total. The van der Waals surface area contributed by atoms with E-state index in [1.807, 2.05) is 6.92 Å². The van der Waals surface area contributed by atoms with Gasteiger partial charge in [-0.15, -0.1) is 0 Å². The number of ether oxygens (including phenoxy) is 3. The molecule has 1 rings (SSSR count). The molecule has 0 saturated carbocycles. The predicted octanol–water partition coefficient (Wildman–Crippen LogP) is -0.123. The van der Waals surface area contributed by atoms with E-state index in [-0.39, 0.29) is 12.5 Å². The Bertz CT molecular complexity index is 290. The lowest BCUT2D eigenvalue weighted by molar-refractivity contribution is -0.209. The molecule has 98 valence electrons. The van der Waals surface area contributed by atoms with Gasteiger partial charge in [-0.2, -0.15) is 0 Å². The summed E-state index contributed by atoms with van der Waals surface area (Å²) in [6.45, 7) is 4.45. The molecule has 4 atom stereocenters. The third-order valence-corrected chi connectivity index (χ3v) is 2.61. The van der Waals surface area contributed by atoms with Gasteiger partial charge >= 0.3 is 11.9 Å². The van der Waals surface area contributed by atoms with Crippen molar-refractivity contribution >= 4 is 11.9 Å². The van der Waals surface area contributed by atoms with Gasteiger partial charge in [0.1, 0.15) is 12.2 Å². The fraction of sp³-hybridized carbons (Fsp3) is 0.818. The Hall–Kier alpha value is -1.14. The van der Waals surface area contributed by atoms with Gasteiger partial charge in [-0.25, -0.2) is 0 Å². The van der Waals surface area contributed by atoms with Gasteiger partial charge in [0.25, 0.3) is 0 Å². The zero-order valence-electron chi connectivity index (χ0n) is 10.2. The third-order valence-electron chi connectivity index (χ3n) is 2.61. The first-order valence-corrected chi connectivity index (χ1v) is 5.52. The molecule has 1 heterocycles. The van der Waals surface area contributed by atoms with E-state index in [4.69, 9.17) is 19.3 Å². The summed E-state index contributed by atoms with van der Waals surface area (Å²) in [7, 11) is 0. The number of hydrogen-bond donors (Lipinski definition) is 1. The van der Waals surface area contributed by atoms with E-state index in [1.165, 1.54) is 13.8 Å². The van der Waals surface area contributed by atoms with Gasteiger partial charge in [-0.05, 0) is 0 Å². The van der Waals surface area contributed by atoms with Gasteiger partial charge in [-0.1, -0.05) is 6.92 Å². The number of hydrogen-bond acceptors (Lipinski definition) is 6. The van der Waals surface area contributed by atoms with Gasteiger partial charge < -0.3 is 19.3 Å². The Morgan fingerprint density at radius 2 is 1.76 bits per heavy atom. The number of rotatable bonds is 3. The second kappa shape index (κ2) is 5.97. The third kappa shape index (κ3) is 3.67. The second-order valence-electron chi connectivity index (χ2n) is 4.18. The quantitative estimate of drug-likeness (QED) is 0.699. The molecule has 1 aliphatic heterocycles. The van der Waals surface area contributed by atoms with Gasteiger partial charge in [0.2, 0.25) is 0 Å². The van der Waals surface area contributed by atoms with Crippen molar-refractivity contribution in [2.75, 3.05) is 13.2 Å². The van der Waals surface area contributed by atoms with E-state index in [0.29, 0.717) is 6.61 Å². The van der Waals surface area contributed by atoms with Crippen molar-refractivity contribution in [3.63, 3.8) is 0 Å². The maximum absolute atomic E-state index is 11.0. The zero-order valence-corrected chi connectivity index (χ0v) is 10.2. The molecule has 17 heavy (non-hydrogen) atoms. The lowest BCUT2D eigenvalue weighted by Gasteiger charge is -2.39. The zero-order chi connectivity index (χ0) is 13.0. The summed E-state index contributed by atoms with van der Waals surface area (Å²) in [5.41, 5.74) is 0. The lowest BCUT2D eigenvalue weighted by atomic mass is 9.93. The summed E-state index contributed by atoms with van der Waals surface area (Å²) in [6, 6.07) is 0. The van der Waals surface area contributed by atoms with Crippen LogP contribution in [-0.4, -0.2) is 48.6 Å². The summed E-state index contributed by atoms with van der Waals surface area (Å²) in [4.78, 5) is 22.0. The Kier molecular flexibility index (Phi) is 4.89. The highest BCUT2D eigenvalue weighted by Crippen LogP contribution is 2.25. The van der Waals surface area contributed by atoms with Crippen molar-refractivity contribution in [2.45, 2.75) is 39.1 Å². The van der Waals surface area contributed by atoms with Crippen molar-refractivity contribution in [2.24, 2.45) is 5.92 Å². The molecule has 0 spiro atoms. The normalized spacial score (nSPS) is 32.9. The van der Waals surface area contributed by atoms with Crippen LogP contribution >= 0.6 is 0 Å². The fourth-order valence-corrected chi connectivity index (χ4v) is 1.87. The molecule has 0 aromatic rings. The molecular formula is C11H18O6. The van der Waals surface area contributed by atoms with Crippen LogP contribution in [0, 0.1) is 5.92 Å². The highest BCUT2D eigenvalue weighted by Gasteiger charge is 2.42. The van der Waals surface area contributed by atoms with Crippen molar-refractivity contribution < 1.29 is 28.9 Å². The molecule has 6 nitrogen and oxygen atoms in total. The first kappa shape index (κ1) is 13.9. The number of carbonyl (C=O) groups excluding carboxylic acids is 2. The Balaban J connectivity index is 2.82. The summed E-state index contributed by atoms with van der Waals surface area (Å²) in [6.07, 6.45) is -1.99. The number of esters is 2. The minimum atomic E-state index is -0.759. The van der Waals surface area contributed by atoms with Gasteiger partial charge in [-0.3, -0.25) is 9.59 Å². The van der Waals surface area contributed by atoms with E-state index in [9.17, 15) is 9.59 Å². The molecule has 6 heteroatoms. The van der Waals surface area contributed by atoms with Gasteiger partial charge in [0, 0.05) is 19.8 Å². The molecule has 1 fully saturated rings. The van der Waals surface area contributed by atoms with Crippen molar-refractivity contribution in [3.05, 3.63) is 0 Å². The second-order valence-corrected chi connectivity index (χ2v) is 4.18. The molecule has 0 bridgehead atoms. The van der Waals surface area contributed by atoms with Crippen LogP contribution in [0.25, 0.3) is 0 Å². The molecule has 0 aromatic heterocycles. The van der Waals surface area contributed by atoms with Crippen LogP contribution in [0.2, 0.25) is 0 Å². The smallest absolute Gasteiger partial charge is 0.303 e. The first-order valence-electron chi connectivity index (χ1n) is 5.52. The maximum Gasteiger partial charge on any atom is 0.303 e. The lowest BCUT2D eigenvalue weighted by Crippen LogP contribution is -2.54. The predicted molar refractivity (Wildman–Crippen MR) is 57.1 cm³/mol. The number of aliphatic hydroxyl groups excluding tert-OH is 1. The van der Waals surface area contributed by atoms with Crippen molar-refractivity contribution in [3.8, 4) is 0 Å². The van der Waals surface area contributed by atoms with Gasteiger partial charge in [0.05, 0.1) is 13.2 Å². The highest BCUT2D eigenvalue weighted by atomic mass is 16.6. The van der Waals surface area contributed by atoms with Gasteiger partial charge in [0.15, 0.2) is 6.10 Å². The number of carbonyl (C=O) groups is 2. The SMILES string of the molecule is CC(=O)O[C@@H]1C(C)COC(CO)[C@@H]1OC(C)=O. The number of aliphatic hydroxyl groups is 1. The monoisotopic (exact) mass is 246 g/mol. The van der Waals surface area contributed by atoms with Crippen LogP contribution in [0.5, 0.6) is 0 Å². The molecule has 2 unspecified atom stereocenters. The van der Waals surface area contributed by atoms with Crippen molar-refractivity contribution in [1.82, 2.24) is 0 Å². The Labute approximate surface area is 99.8 Å². The standard InChI is InChI=1S/C11H18O6/c1-6-5-15-9(4-12)11(17-8(3)14)10(6)16-7(2)13/h6,9-12H,4-5H2,1-3H3/t6?,9?,10-,11+/m1/s1. The van der Waals surface area contributed by atoms with Crippen LogP contribution in [0.4, 0.5) is 0 Å². The van der Waals surface area contributed by atoms with Crippen molar-refractivity contribution in [1.29, 1.82) is 0 Å². The van der Waals surface area contributed by atoms with E-state index >= 15 is 0 Å². The molecule has 0 aliphatic carbocycles. The first-order chi connectivity index (χ1) is 7.95. The minimum Gasteiger partial charge on any atom is -0.458 e. The largest absolute Gasteiger partial charge is 0.458 e. The van der Waals surface area contributed by atoms with Crippen LogP contribution in [0.15, 0.2) is 0 Å². The summed E-state index contributed by atoms with van der Waals surface area (Å²) in [5.74, 6) is -1.04. The van der Waals surface area contributed by atoms with E-state index < -0.39 is 30.3 Å². The van der Waals surface area contributed by atoms with E-state index in [0.717, 1.165) is 0 Å². The molecule has 0 aromatic carbocycles. The molecule has 0 amide bonds. The van der Waals surface area contributed by atoms with Crippen LogP contribution < -0.4 is 0 Å². The average Bonchev–Trinajstić information content (AvgIpc) is 2.22. The molecular weight excluding hydrogens is 228 g/mol. The van der Waals surface area contributed by atoms with Crippen LogP contribution in [-0.2, 0) is 23.8 Å². The Morgan fingerprint density at radius 1 is 1.24 bits per heavy atom. The molecule has 0 radical (unpaired) electrons. The topological polar surface area (TPSA) is 82.1 Å². The summed E-state index contributed by atoms with van der Waals surface area (Å²) >= 11 is 0. The average molecular weight is 246 g/mol. The van der Waals surface area contributed by atoms with Crippen LogP contribution in [0.1, 0.15) is 20.8 Å². The highest BCUT2D eigenvalue weighted by molar-refractivity contribution is 5.67. The van der Waals surface area contributed by atoms with Crippen LogP contribution in [0.3, 0.4) is 0 Å². The Morgan fingerprint density at radius 3 is 2.24 bits per heavy atom. The van der Waals surface area contributed by atoms with E-state index in [2.05, 4.69) is 0 Å². The minimum absolute atomic E-state index is 0.0916. The van der Waals surface area contributed by atoms with E-state index in [1.54, 1.807) is 0 Å². The summed E-state index contributed by atoms with van der Waals surface area (Å²) in [5, 5.41) is 9.16. The molecule has 1 aliphatic rings. The molecule has 1 saturated heterocycles.